The van der Waals surface area contributed by atoms with Crippen molar-refractivity contribution in [2.75, 3.05) is 31.6 Å². The second-order valence-corrected chi connectivity index (χ2v) is 9.52. The summed E-state index contributed by atoms with van der Waals surface area (Å²) in [6.07, 6.45) is 0. The summed E-state index contributed by atoms with van der Waals surface area (Å²) in [7, 11) is -2.56. The molecule has 2 aromatic rings. The maximum Gasteiger partial charge on any atom is 0.339 e. The minimum Gasteiger partial charge on any atom is -0.497 e. The number of methoxy groups -OCH3 is 1. The Hall–Kier alpha value is -2.74. The van der Waals surface area contributed by atoms with E-state index in [0.717, 1.165) is 18.8 Å². The summed E-state index contributed by atoms with van der Waals surface area (Å²) in [4.78, 5) is 16.0. The number of benzene rings is 2. The van der Waals surface area contributed by atoms with E-state index < -0.39 is 10.1 Å². The van der Waals surface area contributed by atoms with Crippen molar-refractivity contribution in [1.82, 2.24) is 4.90 Å². The van der Waals surface area contributed by atoms with Crippen molar-refractivity contribution < 1.29 is 22.1 Å². The molecular weight excluding hydrogens is 428 g/mol. The first-order chi connectivity index (χ1) is 15.1. The molecule has 0 spiro atoms. The maximum absolute atomic E-state index is 13.0. The Kier molecular flexibility index (Phi) is 8.95. The fourth-order valence-electron chi connectivity index (χ4n) is 3.40. The molecule has 0 bridgehead atoms. The first-order valence-electron chi connectivity index (χ1n) is 10.8. The van der Waals surface area contributed by atoms with Gasteiger partial charge in [0, 0.05) is 50.4 Å². The van der Waals surface area contributed by atoms with Crippen molar-refractivity contribution in [3.8, 4) is 11.5 Å². The SMILES string of the molecule is CCN(CC)c1ccc(CN(CC(C)C)C(C)=O)c(OS(=O)(=O)c2ccc(OC)cc2)c1. The second-order valence-electron chi connectivity index (χ2n) is 7.97. The molecule has 2 aromatic carbocycles. The van der Waals surface area contributed by atoms with Gasteiger partial charge in [0.1, 0.15) is 16.4 Å². The molecule has 0 fully saturated rings. The number of carbonyl (C=O) groups excluding carboxylic acids is 1. The predicted octanol–water partition coefficient (Wildman–Crippen LogP) is 4.31. The lowest BCUT2D eigenvalue weighted by atomic mass is 10.1. The molecule has 0 aliphatic heterocycles. The molecule has 0 aliphatic carbocycles. The Bertz CT molecular complexity index is 1000. The zero-order valence-corrected chi connectivity index (χ0v) is 20.6. The third-order valence-electron chi connectivity index (χ3n) is 5.12. The van der Waals surface area contributed by atoms with Crippen LogP contribution in [-0.4, -0.2) is 46.0 Å². The standard InChI is InChI=1S/C24H34N2O5S/c1-7-25(8-2)21-10-9-20(17-26(19(5)27)16-18(3)4)24(15-21)31-32(28,29)23-13-11-22(30-6)12-14-23/h9-15,18H,7-8,16-17H2,1-6H3. The Balaban J connectivity index is 2.47. The van der Waals surface area contributed by atoms with E-state index in [9.17, 15) is 13.2 Å². The molecule has 8 heteroatoms. The summed E-state index contributed by atoms with van der Waals surface area (Å²) in [5, 5.41) is 0. The van der Waals surface area contributed by atoms with Crippen molar-refractivity contribution in [1.29, 1.82) is 0 Å². The molecule has 2 rings (SSSR count). The molecule has 0 unspecified atom stereocenters. The summed E-state index contributed by atoms with van der Waals surface area (Å²) in [6, 6.07) is 11.5. The molecule has 0 heterocycles. The van der Waals surface area contributed by atoms with Crippen molar-refractivity contribution in [3.05, 3.63) is 48.0 Å². The second kappa shape index (κ2) is 11.2. The molecule has 176 valence electrons. The van der Waals surface area contributed by atoms with Crippen LogP contribution in [0, 0.1) is 5.92 Å². The normalized spacial score (nSPS) is 11.3. The molecule has 0 radical (unpaired) electrons. The molecule has 32 heavy (non-hydrogen) atoms. The minimum atomic E-state index is -4.07. The quantitative estimate of drug-likeness (QED) is 0.463. The van der Waals surface area contributed by atoms with Crippen LogP contribution in [0.25, 0.3) is 0 Å². The van der Waals surface area contributed by atoms with Gasteiger partial charge in [-0.25, -0.2) is 0 Å². The topological polar surface area (TPSA) is 76.2 Å². The van der Waals surface area contributed by atoms with Crippen LogP contribution in [0.4, 0.5) is 5.69 Å². The van der Waals surface area contributed by atoms with Crippen molar-refractivity contribution in [2.24, 2.45) is 5.92 Å². The number of carbonyl (C=O) groups is 1. The maximum atomic E-state index is 13.0. The van der Waals surface area contributed by atoms with Crippen LogP contribution in [0.5, 0.6) is 11.5 Å². The average molecular weight is 463 g/mol. The van der Waals surface area contributed by atoms with Gasteiger partial charge in [0.2, 0.25) is 5.91 Å². The highest BCUT2D eigenvalue weighted by Gasteiger charge is 2.22. The van der Waals surface area contributed by atoms with Crippen LogP contribution < -0.4 is 13.8 Å². The molecule has 0 aromatic heterocycles. The predicted molar refractivity (Wildman–Crippen MR) is 127 cm³/mol. The van der Waals surface area contributed by atoms with Crippen LogP contribution in [0.15, 0.2) is 47.4 Å². The highest BCUT2D eigenvalue weighted by molar-refractivity contribution is 7.87. The summed E-state index contributed by atoms with van der Waals surface area (Å²) in [5.74, 6) is 0.982. The average Bonchev–Trinajstić information content (AvgIpc) is 2.75. The monoisotopic (exact) mass is 462 g/mol. The van der Waals surface area contributed by atoms with Gasteiger partial charge in [0.05, 0.1) is 7.11 Å². The van der Waals surface area contributed by atoms with E-state index in [-0.39, 0.29) is 29.0 Å². The molecular formula is C24H34N2O5S. The van der Waals surface area contributed by atoms with Crippen molar-refractivity contribution in [2.45, 2.75) is 46.1 Å². The Morgan fingerprint density at radius 1 is 1.03 bits per heavy atom. The zero-order valence-electron chi connectivity index (χ0n) is 19.8. The van der Waals surface area contributed by atoms with E-state index in [1.807, 2.05) is 39.8 Å². The van der Waals surface area contributed by atoms with Gasteiger partial charge in [-0.2, -0.15) is 8.42 Å². The van der Waals surface area contributed by atoms with Gasteiger partial charge in [-0.3, -0.25) is 4.79 Å². The van der Waals surface area contributed by atoms with Gasteiger partial charge in [-0.1, -0.05) is 19.9 Å². The van der Waals surface area contributed by atoms with Crippen LogP contribution in [0.2, 0.25) is 0 Å². The lowest BCUT2D eigenvalue weighted by Gasteiger charge is -2.26. The molecule has 1 amide bonds. The Labute approximate surface area is 192 Å². The van der Waals surface area contributed by atoms with Gasteiger partial charge in [0.15, 0.2) is 0 Å². The number of rotatable bonds is 11. The van der Waals surface area contributed by atoms with Gasteiger partial charge >= 0.3 is 10.1 Å². The fourth-order valence-corrected chi connectivity index (χ4v) is 4.35. The Morgan fingerprint density at radius 2 is 1.66 bits per heavy atom. The van der Waals surface area contributed by atoms with Crippen LogP contribution in [-0.2, 0) is 21.5 Å². The van der Waals surface area contributed by atoms with Gasteiger partial charge in [-0.05, 0) is 50.1 Å². The van der Waals surface area contributed by atoms with Gasteiger partial charge < -0.3 is 18.7 Å². The summed E-state index contributed by atoms with van der Waals surface area (Å²) in [5.41, 5.74) is 1.49. The summed E-state index contributed by atoms with van der Waals surface area (Å²) < 4.78 is 36.8. The van der Waals surface area contributed by atoms with Gasteiger partial charge in [-0.15, -0.1) is 0 Å². The fraction of sp³-hybridized carbons (Fsp3) is 0.458. The van der Waals surface area contributed by atoms with E-state index in [0.29, 0.717) is 17.9 Å². The van der Waals surface area contributed by atoms with E-state index in [4.69, 9.17) is 8.92 Å². The Morgan fingerprint density at radius 3 is 2.16 bits per heavy atom. The van der Waals surface area contributed by atoms with Crippen LogP contribution in [0.1, 0.15) is 40.2 Å². The number of nitrogens with zero attached hydrogens (tertiary/aromatic N) is 2. The number of ether oxygens (including phenoxy) is 1. The zero-order chi connectivity index (χ0) is 23.9. The smallest absolute Gasteiger partial charge is 0.339 e. The van der Waals surface area contributed by atoms with E-state index in [1.54, 1.807) is 23.1 Å². The molecule has 0 atom stereocenters. The first kappa shape index (κ1) is 25.5. The largest absolute Gasteiger partial charge is 0.497 e. The number of hydrogen-bond acceptors (Lipinski definition) is 6. The first-order valence-corrected chi connectivity index (χ1v) is 12.2. The molecule has 0 saturated carbocycles. The summed E-state index contributed by atoms with van der Waals surface area (Å²) >= 11 is 0. The molecule has 0 saturated heterocycles. The lowest BCUT2D eigenvalue weighted by molar-refractivity contribution is -0.130. The number of anilines is 1. The van der Waals surface area contributed by atoms with Crippen LogP contribution >= 0.6 is 0 Å². The number of amides is 1. The van der Waals surface area contributed by atoms with E-state index in [2.05, 4.69) is 4.90 Å². The highest BCUT2D eigenvalue weighted by Crippen LogP contribution is 2.30. The third-order valence-corrected chi connectivity index (χ3v) is 6.37. The number of hydrogen-bond donors (Lipinski definition) is 0. The lowest BCUT2D eigenvalue weighted by Crippen LogP contribution is -2.32. The van der Waals surface area contributed by atoms with Crippen molar-refractivity contribution >= 4 is 21.7 Å². The highest BCUT2D eigenvalue weighted by atomic mass is 32.2. The summed E-state index contributed by atoms with van der Waals surface area (Å²) in [6.45, 7) is 12.0. The van der Waals surface area contributed by atoms with E-state index >= 15 is 0 Å². The molecule has 7 nitrogen and oxygen atoms in total. The molecule has 0 N–H and O–H groups in total. The van der Waals surface area contributed by atoms with Gasteiger partial charge in [0.25, 0.3) is 0 Å². The van der Waals surface area contributed by atoms with E-state index in [1.165, 1.54) is 26.2 Å². The van der Waals surface area contributed by atoms with Crippen LogP contribution in [0.3, 0.4) is 0 Å². The third kappa shape index (κ3) is 6.63. The molecule has 0 aliphatic rings. The van der Waals surface area contributed by atoms with Crippen molar-refractivity contribution in [3.63, 3.8) is 0 Å². The minimum absolute atomic E-state index is 0.0306.